The molecule has 0 aromatic heterocycles. The molecule has 0 spiro atoms. The maximum atomic E-state index is 9.38. The predicted molar refractivity (Wildman–Crippen MR) is 20.4 cm³/mol. The SMILES string of the molecule is NN=NN=S(=O)=O. The van der Waals surface area contributed by atoms with E-state index in [1.54, 1.807) is 0 Å². The van der Waals surface area contributed by atoms with Crippen LogP contribution in [0.5, 0.6) is 0 Å². The van der Waals surface area contributed by atoms with Crippen LogP contribution in [-0.2, 0) is 10.5 Å². The first-order valence-electron chi connectivity index (χ1n) is 1.17. The molecular weight excluding hydrogens is 120 g/mol. The van der Waals surface area contributed by atoms with Crippen LogP contribution in [0.1, 0.15) is 0 Å². The average molecular weight is 122 g/mol. The molecule has 40 valence electrons. The molecule has 0 saturated heterocycles. The van der Waals surface area contributed by atoms with Crippen LogP contribution >= 0.6 is 0 Å². The Morgan fingerprint density at radius 1 is 1.43 bits per heavy atom. The molecule has 0 fully saturated rings. The van der Waals surface area contributed by atoms with E-state index in [-0.39, 0.29) is 0 Å². The molecule has 0 heterocycles. The number of hydrogen-bond acceptors (Lipinski definition) is 3. The van der Waals surface area contributed by atoms with Gasteiger partial charge in [-0.3, -0.25) is 0 Å². The maximum Gasteiger partial charge on any atom is 0.336 e. The Labute approximate surface area is 40.7 Å². The van der Waals surface area contributed by atoms with E-state index >= 15 is 0 Å². The van der Waals surface area contributed by atoms with Crippen LogP contribution in [0.3, 0.4) is 0 Å². The van der Waals surface area contributed by atoms with Crippen molar-refractivity contribution in [3.8, 4) is 0 Å². The third kappa shape index (κ3) is 5.02. The summed E-state index contributed by atoms with van der Waals surface area (Å²) >= 11 is 0. The predicted octanol–water partition coefficient (Wildman–Crippen LogP) is -0.710. The molecule has 0 bridgehead atoms. The van der Waals surface area contributed by atoms with E-state index in [9.17, 15) is 8.42 Å². The molecule has 0 aliphatic heterocycles. The van der Waals surface area contributed by atoms with E-state index in [0.29, 0.717) is 0 Å². The maximum absolute atomic E-state index is 9.38. The van der Waals surface area contributed by atoms with E-state index < -0.39 is 10.5 Å². The van der Waals surface area contributed by atoms with Crippen molar-refractivity contribution in [1.82, 2.24) is 0 Å². The van der Waals surface area contributed by atoms with Crippen LogP contribution in [0.15, 0.2) is 14.9 Å². The number of nitrogens with zero attached hydrogens (tertiary/aromatic N) is 3. The lowest BCUT2D eigenvalue weighted by atomic mass is 12.6. The highest BCUT2D eigenvalue weighted by atomic mass is 32.2. The van der Waals surface area contributed by atoms with Crippen molar-refractivity contribution in [1.29, 1.82) is 0 Å². The summed E-state index contributed by atoms with van der Waals surface area (Å²) in [4.78, 5) is 0. The van der Waals surface area contributed by atoms with Gasteiger partial charge in [-0.15, -0.1) is 0 Å². The molecule has 2 N–H and O–H groups in total. The molecule has 0 unspecified atom stereocenters. The van der Waals surface area contributed by atoms with Gasteiger partial charge in [-0.25, -0.2) is 0 Å². The minimum atomic E-state index is -2.53. The first kappa shape index (κ1) is 6.02. The Balaban J connectivity index is 3.98. The third-order valence-corrected chi connectivity index (χ3v) is 0.361. The summed E-state index contributed by atoms with van der Waals surface area (Å²) in [5, 5.41) is 5.13. The monoisotopic (exact) mass is 122 g/mol. The van der Waals surface area contributed by atoms with Crippen LogP contribution in [0.4, 0.5) is 0 Å². The van der Waals surface area contributed by atoms with E-state index in [2.05, 4.69) is 20.8 Å². The van der Waals surface area contributed by atoms with Crippen molar-refractivity contribution in [2.45, 2.75) is 0 Å². The fourth-order valence-corrected chi connectivity index (χ4v) is 0.153. The van der Waals surface area contributed by atoms with Gasteiger partial charge in [0.25, 0.3) is 0 Å². The van der Waals surface area contributed by atoms with E-state index in [4.69, 9.17) is 0 Å². The Kier molecular flexibility index (Phi) is 2.77. The zero-order chi connectivity index (χ0) is 5.70. The van der Waals surface area contributed by atoms with Gasteiger partial charge in [0.2, 0.25) is 0 Å². The van der Waals surface area contributed by atoms with Gasteiger partial charge in [0.05, 0.1) is 0 Å². The van der Waals surface area contributed by atoms with Crippen LogP contribution in [-0.4, -0.2) is 8.42 Å². The topological polar surface area (TPSA) is 97.2 Å². The summed E-state index contributed by atoms with van der Waals surface area (Å²) in [6.07, 6.45) is 0. The number of hydrogen-bond donors (Lipinski definition) is 1. The first-order valence-corrected chi connectivity index (χ1v) is 2.21. The zero-order valence-electron chi connectivity index (χ0n) is 3.14. The second-order valence-corrected chi connectivity index (χ2v) is 1.10. The summed E-state index contributed by atoms with van der Waals surface area (Å²) < 4.78 is 21.3. The van der Waals surface area contributed by atoms with Crippen LogP contribution in [0, 0.1) is 0 Å². The Morgan fingerprint density at radius 3 is 2.14 bits per heavy atom. The molecule has 0 aromatic carbocycles. The van der Waals surface area contributed by atoms with Crippen molar-refractivity contribution in [2.75, 3.05) is 0 Å². The lowest BCUT2D eigenvalue weighted by Crippen LogP contribution is -1.70. The molecule has 0 rings (SSSR count). The van der Waals surface area contributed by atoms with Crippen molar-refractivity contribution in [3.63, 3.8) is 0 Å². The summed E-state index contributed by atoms with van der Waals surface area (Å²) in [7, 11) is -2.53. The third-order valence-electron chi connectivity index (χ3n) is 0.155. The van der Waals surface area contributed by atoms with Gasteiger partial charge in [-0.1, -0.05) is 5.22 Å². The normalized spacial score (nSPS) is 9.14. The van der Waals surface area contributed by atoms with Crippen LogP contribution in [0.25, 0.3) is 0 Å². The molecule has 0 aliphatic carbocycles. The number of nitrogens with two attached hydrogens (primary N) is 1. The minimum Gasteiger partial charge on any atom is -0.303 e. The van der Waals surface area contributed by atoms with Crippen molar-refractivity contribution >= 4 is 10.5 Å². The summed E-state index contributed by atoms with van der Waals surface area (Å²) in [5.74, 6) is 4.37. The molecule has 0 saturated carbocycles. The van der Waals surface area contributed by atoms with Crippen LogP contribution < -0.4 is 5.84 Å². The highest BCUT2D eigenvalue weighted by Gasteiger charge is 1.59. The molecule has 0 aliphatic rings. The lowest BCUT2D eigenvalue weighted by molar-refractivity contribution is 0.619. The Bertz CT molecular complexity index is 166. The summed E-state index contributed by atoms with van der Waals surface area (Å²) in [6.45, 7) is 0. The standard InChI is InChI=1S/H2N4O2S/c1-2-3-4-7(5)6/h(H2,1,3). The Hall–Kier alpha value is -0.980. The smallest absolute Gasteiger partial charge is 0.303 e. The van der Waals surface area contributed by atoms with Gasteiger partial charge >= 0.3 is 10.5 Å². The fourth-order valence-electron chi connectivity index (χ4n) is 0.0509. The fraction of sp³-hybridized carbons (Fsp3) is 0. The molecule has 7 heavy (non-hydrogen) atoms. The Morgan fingerprint density at radius 2 is 2.00 bits per heavy atom. The quantitative estimate of drug-likeness (QED) is 0.282. The molecule has 0 amide bonds. The summed E-state index contributed by atoms with van der Waals surface area (Å²) in [5.41, 5.74) is 0. The largest absolute Gasteiger partial charge is 0.336 e. The second kappa shape index (κ2) is 3.22. The van der Waals surface area contributed by atoms with Crippen molar-refractivity contribution in [2.24, 2.45) is 20.8 Å². The zero-order valence-corrected chi connectivity index (χ0v) is 3.96. The van der Waals surface area contributed by atoms with E-state index in [1.807, 2.05) is 0 Å². The molecule has 7 heteroatoms. The highest BCUT2D eigenvalue weighted by molar-refractivity contribution is 7.61. The molecule has 0 aromatic rings. The minimum absolute atomic E-state index is 2.49. The molecule has 0 atom stereocenters. The second-order valence-electron chi connectivity index (χ2n) is 0.504. The summed E-state index contributed by atoms with van der Waals surface area (Å²) in [6, 6.07) is 0. The highest BCUT2D eigenvalue weighted by Crippen LogP contribution is 1.64. The lowest BCUT2D eigenvalue weighted by Gasteiger charge is -1.57. The number of rotatable bonds is 1. The molecular formula is H2N4O2S. The van der Waals surface area contributed by atoms with Gasteiger partial charge in [-0.2, -0.15) is 8.42 Å². The molecule has 6 nitrogen and oxygen atoms in total. The van der Waals surface area contributed by atoms with Crippen molar-refractivity contribution < 1.29 is 8.42 Å². The van der Waals surface area contributed by atoms with Gasteiger partial charge < -0.3 is 5.84 Å². The van der Waals surface area contributed by atoms with Crippen LogP contribution in [0.2, 0.25) is 0 Å². The van der Waals surface area contributed by atoms with Crippen molar-refractivity contribution in [3.05, 3.63) is 0 Å². The van der Waals surface area contributed by atoms with E-state index in [0.717, 1.165) is 0 Å². The van der Waals surface area contributed by atoms with Gasteiger partial charge in [0.15, 0.2) is 0 Å². The molecule has 0 radical (unpaired) electrons. The average Bonchev–Trinajstić information content (AvgIpc) is 1.61. The van der Waals surface area contributed by atoms with Gasteiger partial charge in [-0.05, 0) is 9.69 Å². The van der Waals surface area contributed by atoms with Gasteiger partial charge in [0.1, 0.15) is 0 Å². The van der Waals surface area contributed by atoms with E-state index in [1.165, 1.54) is 0 Å². The first-order chi connectivity index (χ1) is 3.27. The van der Waals surface area contributed by atoms with Gasteiger partial charge in [0, 0.05) is 0 Å².